The zero-order valence-electron chi connectivity index (χ0n) is 8.40. The van der Waals surface area contributed by atoms with Crippen LogP contribution in [-0.4, -0.2) is 18.2 Å². The van der Waals surface area contributed by atoms with Crippen LogP contribution in [0.4, 0.5) is 0 Å². The molecule has 0 aromatic heterocycles. The van der Waals surface area contributed by atoms with Crippen LogP contribution in [0.2, 0.25) is 0 Å². The third-order valence-electron chi connectivity index (χ3n) is 1.82. The number of carboxylic acids is 1. The summed E-state index contributed by atoms with van der Waals surface area (Å²) in [6.07, 6.45) is 1.13. The number of aliphatic carboxylic acids is 1. The van der Waals surface area contributed by atoms with Crippen molar-refractivity contribution in [3.63, 3.8) is 0 Å². The van der Waals surface area contributed by atoms with Crippen molar-refractivity contribution in [3.8, 4) is 11.5 Å². The highest BCUT2D eigenvalue weighted by Crippen LogP contribution is 2.31. The lowest BCUT2D eigenvalue weighted by Crippen LogP contribution is -2.03. The summed E-state index contributed by atoms with van der Waals surface area (Å²) in [6, 6.07) is 5.09. The van der Waals surface area contributed by atoms with Crippen molar-refractivity contribution < 1.29 is 19.4 Å². The van der Waals surface area contributed by atoms with Crippen LogP contribution < -0.4 is 9.47 Å². The molecule has 80 valence electrons. The minimum atomic E-state index is -0.919. The minimum Gasteiger partial charge on any atom is -0.493 e. The first-order valence-electron chi connectivity index (χ1n) is 4.34. The van der Waals surface area contributed by atoms with Gasteiger partial charge in [-0.1, -0.05) is 18.7 Å². The SMILES string of the molecule is C=COc1c(CC(=O)O)cccc1OC. The standard InChI is InChI=1S/C11H12O4/c1-3-15-11-8(7-10(12)13)5-4-6-9(11)14-2/h3-6H,1,7H2,2H3,(H,12,13). The van der Waals surface area contributed by atoms with E-state index in [1.54, 1.807) is 18.2 Å². The van der Waals surface area contributed by atoms with Crippen LogP contribution in [0.5, 0.6) is 11.5 Å². The van der Waals surface area contributed by atoms with Gasteiger partial charge in [0.15, 0.2) is 11.5 Å². The highest BCUT2D eigenvalue weighted by molar-refractivity contribution is 5.72. The number of hydrogen-bond donors (Lipinski definition) is 1. The van der Waals surface area contributed by atoms with Crippen LogP contribution in [0.1, 0.15) is 5.56 Å². The van der Waals surface area contributed by atoms with Crippen molar-refractivity contribution in [1.29, 1.82) is 0 Å². The fourth-order valence-corrected chi connectivity index (χ4v) is 1.24. The zero-order chi connectivity index (χ0) is 11.3. The lowest BCUT2D eigenvalue weighted by molar-refractivity contribution is -0.136. The Balaban J connectivity index is 3.11. The average molecular weight is 208 g/mol. The van der Waals surface area contributed by atoms with Crippen LogP contribution in [0.25, 0.3) is 0 Å². The normalized spacial score (nSPS) is 9.40. The molecule has 4 nitrogen and oxygen atoms in total. The molecule has 1 N–H and O–H groups in total. The average Bonchev–Trinajstić information content (AvgIpc) is 2.20. The maximum absolute atomic E-state index is 10.6. The molecule has 0 bridgehead atoms. The van der Waals surface area contributed by atoms with Crippen molar-refractivity contribution in [2.45, 2.75) is 6.42 Å². The summed E-state index contributed by atoms with van der Waals surface area (Å²) in [5.41, 5.74) is 0.557. The van der Waals surface area contributed by atoms with Crippen LogP contribution >= 0.6 is 0 Å². The fraction of sp³-hybridized carbons (Fsp3) is 0.182. The predicted octanol–water partition coefficient (Wildman–Crippen LogP) is 1.84. The van der Waals surface area contributed by atoms with Gasteiger partial charge in [-0.05, 0) is 6.07 Å². The van der Waals surface area contributed by atoms with E-state index in [1.165, 1.54) is 13.4 Å². The Morgan fingerprint density at radius 1 is 1.60 bits per heavy atom. The van der Waals surface area contributed by atoms with Gasteiger partial charge in [-0.15, -0.1) is 0 Å². The number of benzene rings is 1. The quantitative estimate of drug-likeness (QED) is 0.750. The van der Waals surface area contributed by atoms with E-state index in [9.17, 15) is 4.79 Å². The van der Waals surface area contributed by atoms with Crippen molar-refractivity contribution in [1.82, 2.24) is 0 Å². The summed E-state index contributed by atoms with van der Waals surface area (Å²) >= 11 is 0. The summed E-state index contributed by atoms with van der Waals surface area (Å²) in [5.74, 6) is -0.0248. The molecule has 4 heteroatoms. The molecule has 1 aromatic carbocycles. The molecule has 0 saturated carbocycles. The third-order valence-corrected chi connectivity index (χ3v) is 1.82. The molecular weight excluding hydrogens is 196 g/mol. The molecule has 0 aliphatic rings. The molecule has 0 atom stereocenters. The number of hydrogen-bond acceptors (Lipinski definition) is 3. The van der Waals surface area contributed by atoms with Gasteiger partial charge >= 0.3 is 5.97 Å². The Morgan fingerprint density at radius 2 is 2.33 bits per heavy atom. The number of carbonyl (C=O) groups is 1. The van der Waals surface area contributed by atoms with Crippen molar-refractivity contribution in [2.24, 2.45) is 0 Å². The van der Waals surface area contributed by atoms with Gasteiger partial charge in [0.1, 0.15) is 0 Å². The minimum absolute atomic E-state index is 0.111. The molecule has 1 rings (SSSR count). The van der Waals surface area contributed by atoms with Gasteiger partial charge in [-0.2, -0.15) is 0 Å². The second-order valence-electron chi connectivity index (χ2n) is 2.80. The molecule has 15 heavy (non-hydrogen) atoms. The van der Waals surface area contributed by atoms with Crippen molar-refractivity contribution in [3.05, 3.63) is 36.6 Å². The van der Waals surface area contributed by atoms with Gasteiger partial charge in [-0.3, -0.25) is 4.79 Å². The third kappa shape index (κ3) is 2.74. The van der Waals surface area contributed by atoms with Gasteiger partial charge in [0.25, 0.3) is 0 Å². The fourth-order valence-electron chi connectivity index (χ4n) is 1.24. The summed E-state index contributed by atoms with van der Waals surface area (Å²) in [7, 11) is 1.50. The predicted molar refractivity (Wildman–Crippen MR) is 55.2 cm³/mol. The van der Waals surface area contributed by atoms with Crippen molar-refractivity contribution in [2.75, 3.05) is 7.11 Å². The Morgan fingerprint density at radius 3 is 2.87 bits per heavy atom. The van der Waals surface area contributed by atoms with Gasteiger partial charge in [-0.25, -0.2) is 0 Å². The van der Waals surface area contributed by atoms with Gasteiger partial charge in [0.2, 0.25) is 0 Å². The monoisotopic (exact) mass is 208 g/mol. The molecule has 1 aromatic rings. The molecule has 0 aliphatic carbocycles. The van der Waals surface area contributed by atoms with Gasteiger partial charge in [0.05, 0.1) is 19.8 Å². The van der Waals surface area contributed by atoms with E-state index in [1.807, 2.05) is 0 Å². The molecule has 0 spiro atoms. The van der Waals surface area contributed by atoms with Crippen LogP contribution in [0, 0.1) is 0 Å². The molecule has 0 aliphatic heterocycles. The largest absolute Gasteiger partial charge is 0.493 e. The van der Waals surface area contributed by atoms with E-state index < -0.39 is 5.97 Å². The molecule has 0 heterocycles. The van der Waals surface area contributed by atoms with E-state index in [0.717, 1.165) is 0 Å². The Hall–Kier alpha value is -1.97. The second-order valence-corrected chi connectivity index (χ2v) is 2.80. The van der Waals surface area contributed by atoms with E-state index in [2.05, 4.69) is 6.58 Å². The molecule has 0 radical (unpaired) electrons. The van der Waals surface area contributed by atoms with E-state index >= 15 is 0 Å². The number of ether oxygens (including phenoxy) is 2. The first-order valence-corrected chi connectivity index (χ1v) is 4.34. The lowest BCUT2D eigenvalue weighted by Gasteiger charge is -2.10. The van der Waals surface area contributed by atoms with Crippen molar-refractivity contribution >= 4 is 5.97 Å². The van der Waals surface area contributed by atoms with Crippen LogP contribution in [-0.2, 0) is 11.2 Å². The number of rotatable bonds is 5. The first kappa shape index (κ1) is 11.1. The van der Waals surface area contributed by atoms with Gasteiger partial charge < -0.3 is 14.6 Å². The number of methoxy groups -OCH3 is 1. The lowest BCUT2D eigenvalue weighted by atomic mass is 10.1. The first-order chi connectivity index (χ1) is 7.19. The second kappa shape index (κ2) is 5.05. The maximum Gasteiger partial charge on any atom is 0.307 e. The molecular formula is C11H12O4. The summed E-state index contributed by atoms with van der Waals surface area (Å²) in [5, 5.41) is 8.70. The van der Waals surface area contributed by atoms with E-state index in [0.29, 0.717) is 17.1 Å². The highest BCUT2D eigenvalue weighted by atomic mass is 16.5. The van der Waals surface area contributed by atoms with Gasteiger partial charge in [0, 0.05) is 5.56 Å². The number of carboxylic acid groups (broad SMARTS) is 1. The zero-order valence-corrected chi connectivity index (χ0v) is 8.40. The topological polar surface area (TPSA) is 55.8 Å². The molecule has 0 fully saturated rings. The summed E-state index contributed by atoms with van der Waals surface area (Å²) in [6.45, 7) is 3.43. The van der Waals surface area contributed by atoms with Crippen LogP contribution in [0.3, 0.4) is 0 Å². The summed E-state index contributed by atoms with van der Waals surface area (Å²) < 4.78 is 10.2. The summed E-state index contributed by atoms with van der Waals surface area (Å²) in [4.78, 5) is 10.6. The van der Waals surface area contributed by atoms with E-state index in [4.69, 9.17) is 14.6 Å². The smallest absolute Gasteiger partial charge is 0.307 e. The van der Waals surface area contributed by atoms with Crippen LogP contribution in [0.15, 0.2) is 31.0 Å². The Labute approximate surface area is 87.7 Å². The maximum atomic E-state index is 10.6. The molecule has 0 amide bonds. The molecule has 0 saturated heterocycles. The number of para-hydroxylation sites is 1. The Bertz CT molecular complexity index is 371. The van der Waals surface area contributed by atoms with E-state index in [-0.39, 0.29) is 6.42 Å². The Kier molecular flexibility index (Phi) is 3.74. The highest BCUT2D eigenvalue weighted by Gasteiger charge is 2.12. The molecule has 0 unspecified atom stereocenters.